The summed E-state index contributed by atoms with van der Waals surface area (Å²) < 4.78 is 16.9. The van der Waals surface area contributed by atoms with Crippen LogP contribution in [0.3, 0.4) is 0 Å². The minimum absolute atomic E-state index is 0.0763. The molecule has 0 fully saturated rings. The lowest BCUT2D eigenvalue weighted by Crippen LogP contribution is -2.00. The Kier molecular flexibility index (Phi) is 4.83. The fourth-order valence-electron chi connectivity index (χ4n) is 4.19. The summed E-state index contributed by atoms with van der Waals surface area (Å²) in [6.07, 6.45) is 1.80. The van der Waals surface area contributed by atoms with Crippen LogP contribution in [0.1, 0.15) is 11.1 Å². The highest BCUT2D eigenvalue weighted by Crippen LogP contribution is 2.33. The van der Waals surface area contributed by atoms with Crippen molar-refractivity contribution >= 4 is 49.7 Å². The topological polar surface area (TPSA) is 94.3 Å². The summed E-state index contributed by atoms with van der Waals surface area (Å²) in [6, 6.07) is 16.1. The van der Waals surface area contributed by atoms with Gasteiger partial charge in [0.05, 0.1) is 6.42 Å². The van der Waals surface area contributed by atoms with Crippen molar-refractivity contribution in [1.82, 2.24) is 4.57 Å². The predicted octanol–water partition coefficient (Wildman–Crippen LogP) is 5.50. The van der Waals surface area contributed by atoms with Crippen LogP contribution in [0.15, 0.2) is 66.2 Å². The summed E-state index contributed by atoms with van der Waals surface area (Å²) in [4.78, 5) is 11.4. The first kappa shape index (κ1) is 20.1. The van der Waals surface area contributed by atoms with Gasteiger partial charge in [-0.05, 0) is 70.1 Å². The van der Waals surface area contributed by atoms with Crippen LogP contribution in [-0.4, -0.2) is 15.6 Å². The summed E-state index contributed by atoms with van der Waals surface area (Å²) in [5.74, 6) is -1.16. The van der Waals surface area contributed by atoms with Crippen molar-refractivity contribution in [3.8, 4) is 11.1 Å². The molecule has 5 nitrogen and oxygen atoms in total. The molecule has 0 saturated heterocycles. The summed E-state index contributed by atoms with van der Waals surface area (Å²) in [7, 11) is 0. The molecule has 0 bridgehead atoms. The van der Waals surface area contributed by atoms with E-state index in [0.29, 0.717) is 17.9 Å². The van der Waals surface area contributed by atoms with E-state index in [1.807, 2.05) is 46.5 Å². The molecular weight excluding hydrogens is 425 g/mol. The second kappa shape index (κ2) is 7.69. The summed E-state index contributed by atoms with van der Waals surface area (Å²) in [6.45, 7) is 0.502. The molecule has 0 spiro atoms. The van der Waals surface area contributed by atoms with Gasteiger partial charge in [0.2, 0.25) is 0 Å². The summed E-state index contributed by atoms with van der Waals surface area (Å²) >= 11 is 1.57. The van der Waals surface area contributed by atoms with E-state index in [2.05, 4.69) is 0 Å². The minimum atomic E-state index is -0.889. The fraction of sp³-hybridized carbons (Fsp3) is 0.0800. The number of aromatic nitrogens is 1. The second-order valence-corrected chi connectivity index (χ2v) is 8.79. The molecule has 160 valence electrons. The van der Waals surface area contributed by atoms with Crippen LogP contribution in [0, 0.1) is 5.82 Å². The van der Waals surface area contributed by atoms with E-state index in [1.54, 1.807) is 29.5 Å². The van der Waals surface area contributed by atoms with Gasteiger partial charge < -0.3 is 21.1 Å². The average Bonchev–Trinajstić information content (AvgIpc) is 3.28. The monoisotopic (exact) mass is 445 g/mol. The number of benzene rings is 3. The van der Waals surface area contributed by atoms with Crippen molar-refractivity contribution in [3.63, 3.8) is 0 Å². The van der Waals surface area contributed by atoms with E-state index in [9.17, 15) is 14.3 Å². The minimum Gasteiger partial charge on any atom is -0.481 e. The Hall–Kier alpha value is -3.84. The molecule has 5 aromatic rings. The molecule has 0 saturated carbocycles. The molecule has 2 aromatic heterocycles. The number of fused-ring (bicyclic) bond motifs is 2. The molecule has 0 aliphatic heterocycles. The van der Waals surface area contributed by atoms with Gasteiger partial charge in [-0.3, -0.25) is 4.79 Å². The Morgan fingerprint density at radius 1 is 0.938 bits per heavy atom. The van der Waals surface area contributed by atoms with Gasteiger partial charge in [-0.25, -0.2) is 4.39 Å². The first-order chi connectivity index (χ1) is 15.4. The lowest BCUT2D eigenvalue weighted by atomic mass is 10.0. The van der Waals surface area contributed by atoms with Gasteiger partial charge in [0.15, 0.2) is 0 Å². The number of aliphatic carboxylic acids is 1. The highest BCUT2D eigenvalue weighted by Gasteiger charge is 2.15. The van der Waals surface area contributed by atoms with Gasteiger partial charge in [-0.2, -0.15) is 0 Å². The quantitative estimate of drug-likeness (QED) is 0.311. The third-order valence-corrected chi connectivity index (χ3v) is 6.59. The van der Waals surface area contributed by atoms with Gasteiger partial charge >= 0.3 is 5.97 Å². The first-order valence-corrected chi connectivity index (χ1v) is 10.9. The molecular formula is C25H20FN3O2S. The Balaban J connectivity index is 1.66. The summed E-state index contributed by atoms with van der Waals surface area (Å²) in [5, 5.41) is 13.1. The van der Waals surface area contributed by atoms with Crippen molar-refractivity contribution in [1.29, 1.82) is 0 Å². The van der Waals surface area contributed by atoms with E-state index in [0.717, 1.165) is 43.2 Å². The second-order valence-electron chi connectivity index (χ2n) is 7.87. The van der Waals surface area contributed by atoms with Crippen LogP contribution in [0.2, 0.25) is 0 Å². The molecule has 32 heavy (non-hydrogen) atoms. The number of nitrogen functional groups attached to an aromatic ring is 2. The maximum atomic E-state index is 13.9. The van der Waals surface area contributed by atoms with Crippen molar-refractivity contribution in [2.24, 2.45) is 0 Å². The van der Waals surface area contributed by atoms with Gasteiger partial charge in [0.25, 0.3) is 0 Å². The molecule has 3 aromatic carbocycles. The number of anilines is 2. The Morgan fingerprint density at radius 3 is 2.47 bits per heavy atom. The molecule has 5 rings (SSSR count). The number of halogens is 1. The number of carbonyl (C=O) groups is 1. The Morgan fingerprint density at radius 2 is 1.72 bits per heavy atom. The number of carboxylic acid groups (broad SMARTS) is 1. The van der Waals surface area contributed by atoms with Gasteiger partial charge in [-0.15, -0.1) is 11.3 Å². The molecule has 0 amide bonds. The van der Waals surface area contributed by atoms with Crippen LogP contribution < -0.4 is 11.5 Å². The molecule has 0 aliphatic carbocycles. The first-order valence-electron chi connectivity index (χ1n) is 10.0. The van der Waals surface area contributed by atoms with Crippen LogP contribution in [-0.2, 0) is 17.8 Å². The molecule has 0 unspecified atom stereocenters. The third-order valence-electron chi connectivity index (χ3n) is 5.57. The molecule has 0 aliphatic rings. The molecule has 2 heterocycles. The van der Waals surface area contributed by atoms with Crippen molar-refractivity contribution < 1.29 is 14.3 Å². The lowest BCUT2D eigenvalue weighted by Gasteiger charge is -2.09. The largest absolute Gasteiger partial charge is 0.481 e. The van der Waals surface area contributed by atoms with Crippen molar-refractivity contribution in [3.05, 3.63) is 83.1 Å². The smallest absolute Gasteiger partial charge is 0.307 e. The maximum Gasteiger partial charge on any atom is 0.307 e. The number of hydrogen-bond acceptors (Lipinski definition) is 4. The Labute approximate surface area is 187 Å². The number of carboxylic acids is 1. The SMILES string of the molecule is Nc1cc(N)cc(-c2ccc3c(CC(=O)O)cn(Cc4csc5ccc(F)cc45)c3c2)c1. The average molecular weight is 446 g/mol. The Bertz CT molecular complexity index is 1480. The zero-order valence-electron chi connectivity index (χ0n) is 17.0. The zero-order chi connectivity index (χ0) is 22.4. The van der Waals surface area contributed by atoms with E-state index in [1.165, 1.54) is 6.07 Å². The highest BCUT2D eigenvalue weighted by molar-refractivity contribution is 7.17. The summed E-state index contributed by atoms with van der Waals surface area (Å²) in [5.41, 5.74) is 17.5. The molecule has 0 atom stereocenters. The molecule has 7 heteroatoms. The van der Waals surface area contributed by atoms with Crippen molar-refractivity contribution in [2.75, 3.05) is 11.5 Å². The van der Waals surface area contributed by atoms with E-state index in [4.69, 9.17) is 11.5 Å². The molecule has 5 N–H and O–H groups in total. The van der Waals surface area contributed by atoms with Gasteiger partial charge in [0.1, 0.15) is 5.82 Å². The van der Waals surface area contributed by atoms with E-state index < -0.39 is 5.97 Å². The number of nitrogens with zero attached hydrogens (tertiary/aromatic N) is 1. The molecule has 0 radical (unpaired) electrons. The van der Waals surface area contributed by atoms with Crippen LogP contribution in [0.25, 0.3) is 32.1 Å². The number of nitrogens with two attached hydrogens (primary N) is 2. The highest BCUT2D eigenvalue weighted by atomic mass is 32.1. The lowest BCUT2D eigenvalue weighted by molar-refractivity contribution is -0.136. The zero-order valence-corrected chi connectivity index (χ0v) is 17.8. The van der Waals surface area contributed by atoms with Crippen LogP contribution in [0.5, 0.6) is 0 Å². The van der Waals surface area contributed by atoms with Gasteiger partial charge in [0, 0.05) is 45.1 Å². The standard InChI is InChI=1S/C25H20FN3O2S/c26-18-2-4-24-22(9-18)17(13-32-24)12-29-11-16(8-25(30)31)21-3-1-14(7-23(21)29)15-5-19(27)10-20(28)6-15/h1-7,9-11,13H,8,12,27-28H2,(H,30,31). The number of rotatable bonds is 5. The van der Waals surface area contributed by atoms with E-state index >= 15 is 0 Å². The normalized spacial score (nSPS) is 11.4. The van der Waals surface area contributed by atoms with E-state index in [-0.39, 0.29) is 12.2 Å². The number of thiophene rings is 1. The third kappa shape index (κ3) is 3.67. The van der Waals surface area contributed by atoms with Crippen LogP contribution >= 0.6 is 11.3 Å². The van der Waals surface area contributed by atoms with Crippen molar-refractivity contribution in [2.45, 2.75) is 13.0 Å². The van der Waals surface area contributed by atoms with Crippen LogP contribution in [0.4, 0.5) is 15.8 Å². The maximum absolute atomic E-state index is 13.9. The predicted molar refractivity (Wildman–Crippen MR) is 128 cm³/mol. The number of hydrogen-bond donors (Lipinski definition) is 3. The van der Waals surface area contributed by atoms with Gasteiger partial charge in [-0.1, -0.05) is 12.1 Å². The fourth-order valence-corrected chi connectivity index (χ4v) is 5.12.